The molecule has 3 heterocycles. The van der Waals surface area contributed by atoms with Crippen LogP contribution in [0.1, 0.15) is 29.9 Å². The molecule has 5 rings (SSSR count). The van der Waals surface area contributed by atoms with Crippen molar-refractivity contribution in [2.24, 2.45) is 0 Å². The first-order valence-corrected chi connectivity index (χ1v) is 11.7. The predicted octanol–water partition coefficient (Wildman–Crippen LogP) is 5.81. The van der Waals surface area contributed by atoms with Crippen LogP contribution in [0.15, 0.2) is 60.8 Å². The van der Waals surface area contributed by atoms with Gasteiger partial charge in [-0.3, -0.25) is 4.40 Å². The highest BCUT2D eigenvalue weighted by atomic mass is 16.5. The zero-order chi connectivity index (χ0) is 24.7. The third kappa shape index (κ3) is 4.37. The van der Waals surface area contributed by atoms with E-state index in [1.807, 2.05) is 42.6 Å². The van der Waals surface area contributed by atoms with E-state index in [0.29, 0.717) is 0 Å². The zero-order valence-electron chi connectivity index (χ0n) is 21.0. The number of nitrogens with zero attached hydrogens (tertiary/aromatic N) is 5. The molecule has 5 aromatic rings. The number of methoxy groups -OCH3 is 1. The van der Waals surface area contributed by atoms with Crippen LogP contribution < -0.4 is 15.0 Å². The topological polar surface area (TPSA) is 67.6 Å². The molecule has 0 saturated heterocycles. The molecule has 0 aliphatic carbocycles. The fourth-order valence-electron chi connectivity index (χ4n) is 4.34. The third-order valence-corrected chi connectivity index (χ3v) is 6.23. The van der Waals surface area contributed by atoms with E-state index in [2.05, 4.69) is 72.7 Å². The molecular formula is C28H30N6O. The third-order valence-electron chi connectivity index (χ3n) is 6.23. The molecule has 178 valence electrons. The van der Waals surface area contributed by atoms with Crippen LogP contribution in [0.4, 0.5) is 11.6 Å². The minimum atomic E-state index is 0.0990. The number of fused-ring (bicyclic) bond motifs is 2. The number of imidazole rings is 1. The number of hydrogen-bond acceptors (Lipinski definition) is 6. The van der Waals surface area contributed by atoms with Crippen LogP contribution in [-0.4, -0.2) is 40.6 Å². The summed E-state index contributed by atoms with van der Waals surface area (Å²) in [5.74, 6) is 3.16. The standard InChI is InChI=1S/C28H30N6O/c1-17-8-7-9-20(12-17)18(2)29-28-23-13-21(10-11-24(23)30-19(3)31-28)22-14-25-32-26(33(4)5)16-34(25)27(15-22)35-6/h7-16,18H,1-6H3,(H,29,30,31)/t18-/m1/s1. The molecule has 1 atom stereocenters. The highest BCUT2D eigenvalue weighted by Crippen LogP contribution is 2.32. The van der Waals surface area contributed by atoms with Gasteiger partial charge in [0.05, 0.1) is 18.8 Å². The van der Waals surface area contributed by atoms with Crippen molar-refractivity contribution in [1.82, 2.24) is 19.4 Å². The van der Waals surface area contributed by atoms with Crippen LogP contribution in [0, 0.1) is 13.8 Å². The lowest BCUT2D eigenvalue weighted by atomic mass is 10.0. The Balaban J connectivity index is 1.60. The second-order valence-electron chi connectivity index (χ2n) is 9.14. The maximum atomic E-state index is 5.69. The van der Waals surface area contributed by atoms with E-state index in [1.54, 1.807) is 7.11 Å². The van der Waals surface area contributed by atoms with Crippen molar-refractivity contribution in [3.63, 3.8) is 0 Å². The van der Waals surface area contributed by atoms with E-state index in [4.69, 9.17) is 14.7 Å². The van der Waals surface area contributed by atoms with Gasteiger partial charge in [-0.1, -0.05) is 35.9 Å². The molecule has 7 nitrogen and oxygen atoms in total. The molecular weight excluding hydrogens is 436 g/mol. The predicted molar refractivity (Wildman–Crippen MR) is 143 cm³/mol. The lowest BCUT2D eigenvalue weighted by Crippen LogP contribution is -2.09. The Labute approximate surface area is 205 Å². The van der Waals surface area contributed by atoms with Crippen LogP contribution in [0.3, 0.4) is 0 Å². The van der Waals surface area contributed by atoms with Crippen molar-refractivity contribution in [1.29, 1.82) is 0 Å². The van der Waals surface area contributed by atoms with Gasteiger partial charge in [0.1, 0.15) is 23.1 Å². The molecule has 0 saturated carbocycles. The lowest BCUT2D eigenvalue weighted by Gasteiger charge is -2.18. The van der Waals surface area contributed by atoms with Crippen molar-refractivity contribution in [2.75, 3.05) is 31.4 Å². The molecule has 7 heteroatoms. The molecule has 35 heavy (non-hydrogen) atoms. The van der Waals surface area contributed by atoms with Crippen LogP contribution in [0.25, 0.3) is 27.7 Å². The minimum absolute atomic E-state index is 0.0990. The second-order valence-corrected chi connectivity index (χ2v) is 9.14. The molecule has 0 bridgehead atoms. The van der Waals surface area contributed by atoms with Crippen LogP contribution in [0.5, 0.6) is 5.88 Å². The van der Waals surface area contributed by atoms with E-state index in [9.17, 15) is 0 Å². The average molecular weight is 467 g/mol. The molecule has 2 aromatic carbocycles. The first-order chi connectivity index (χ1) is 16.8. The highest BCUT2D eigenvalue weighted by molar-refractivity contribution is 5.93. The smallest absolute Gasteiger partial charge is 0.199 e. The van der Waals surface area contributed by atoms with Gasteiger partial charge in [0.15, 0.2) is 5.88 Å². The number of anilines is 2. The van der Waals surface area contributed by atoms with Crippen molar-refractivity contribution < 1.29 is 4.74 Å². The van der Waals surface area contributed by atoms with E-state index >= 15 is 0 Å². The molecule has 0 unspecified atom stereocenters. The maximum absolute atomic E-state index is 5.69. The SMILES string of the molecule is COc1cc(-c2ccc3nc(C)nc(N[C@H](C)c4cccc(C)c4)c3c2)cc2nc(N(C)C)cn12. The lowest BCUT2D eigenvalue weighted by molar-refractivity contribution is 0.392. The van der Waals surface area contributed by atoms with E-state index in [1.165, 1.54) is 11.1 Å². The monoisotopic (exact) mass is 466 g/mol. The number of rotatable bonds is 6. The highest BCUT2D eigenvalue weighted by Gasteiger charge is 2.14. The Bertz CT molecular complexity index is 1540. The summed E-state index contributed by atoms with van der Waals surface area (Å²) in [6, 6.07) is 19.0. The van der Waals surface area contributed by atoms with Crippen LogP contribution in [-0.2, 0) is 0 Å². The maximum Gasteiger partial charge on any atom is 0.199 e. The first-order valence-electron chi connectivity index (χ1n) is 11.7. The second kappa shape index (κ2) is 8.91. The Morgan fingerprint density at radius 3 is 2.51 bits per heavy atom. The number of hydrogen-bond donors (Lipinski definition) is 1. The van der Waals surface area contributed by atoms with Crippen LogP contribution in [0.2, 0.25) is 0 Å². The number of aryl methyl sites for hydroxylation is 2. The Morgan fingerprint density at radius 1 is 0.943 bits per heavy atom. The summed E-state index contributed by atoms with van der Waals surface area (Å²) >= 11 is 0. The number of benzene rings is 2. The molecule has 0 aliphatic rings. The number of aromatic nitrogens is 4. The van der Waals surface area contributed by atoms with Gasteiger partial charge in [0, 0.05) is 31.6 Å². The Kier molecular flexibility index (Phi) is 5.76. The van der Waals surface area contributed by atoms with Gasteiger partial charge in [-0.2, -0.15) is 0 Å². The molecule has 0 amide bonds. The molecule has 0 spiro atoms. The zero-order valence-corrected chi connectivity index (χ0v) is 21.0. The average Bonchev–Trinajstić information content (AvgIpc) is 3.28. The van der Waals surface area contributed by atoms with Gasteiger partial charge in [-0.15, -0.1) is 0 Å². The molecule has 0 aliphatic heterocycles. The van der Waals surface area contributed by atoms with Gasteiger partial charge in [0.2, 0.25) is 0 Å². The molecule has 0 fully saturated rings. The summed E-state index contributed by atoms with van der Waals surface area (Å²) in [5.41, 5.74) is 6.26. The van der Waals surface area contributed by atoms with Gasteiger partial charge in [0.25, 0.3) is 0 Å². The van der Waals surface area contributed by atoms with Gasteiger partial charge >= 0.3 is 0 Å². The number of ether oxygens (including phenoxy) is 1. The summed E-state index contributed by atoms with van der Waals surface area (Å²) in [5, 5.41) is 4.59. The summed E-state index contributed by atoms with van der Waals surface area (Å²) in [6.07, 6.45) is 1.98. The van der Waals surface area contributed by atoms with Crippen molar-refractivity contribution >= 4 is 28.2 Å². The largest absolute Gasteiger partial charge is 0.482 e. The van der Waals surface area contributed by atoms with Crippen LogP contribution >= 0.6 is 0 Å². The summed E-state index contributed by atoms with van der Waals surface area (Å²) < 4.78 is 7.65. The minimum Gasteiger partial charge on any atom is -0.482 e. The van der Waals surface area contributed by atoms with Crippen molar-refractivity contribution in [3.8, 4) is 17.0 Å². The van der Waals surface area contributed by atoms with E-state index in [-0.39, 0.29) is 6.04 Å². The molecule has 3 aromatic heterocycles. The van der Waals surface area contributed by atoms with E-state index in [0.717, 1.165) is 51.0 Å². The molecule has 0 radical (unpaired) electrons. The summed E-state index contributed by atoms with van der Waals surface area (Å²) in [6.45, 7) is 6.19. The quantitative estimate of drug-likeness (QED) is 0.341. The summed E-state index contributed by atoms with van der Waals surface area (Å²) in [4.78, 5) is 16.2. The van der Waals surface area contributed by atoms with Crippen molar-refractivity contribution in [3.05, 3.63) is 77.7 Å². The normalized spacial score (nSPS) is 12.2. The fourth-order valence-corrected chi connectivity index (χ4v) is 4.34. The van der Waals surface area contributed by atoms with E-state index < -0.39 is 0 Å². The number of nitrogens with one attached hydrogen (secondary N) is 1. The van der Waals surface area contributed by atoms with Gasteiger partial charge < -0.3 is 15.0 Å². The molecule has 1 N–H and O–H groups in total. The van der Waals surface area contributed by atoms with Gasteiger partial charge in [-0.05, 0) is 55.7 Å². The first kappa shape index (κ1) is 22.7. The van der Waals surface area contributed by atoms with Crippen molar-refractivity contribution in [2.45, 2.75) is 26.8 Å². The fraction of sp³-hybridized carbons (Fsp3) is 0.250. The van der Waals surface area contributed by atoms with Gasteiger partial charge in [-0.25, -0.2) is 15.0 Å². The number of pyridine rings is 1. The Hall–Kier alpha value is -4.13. The Morgan fingerprint density at radius 2 is 1.77 bits per heavy atom. The summed E-state index contributed by atoms with van der Waals surface area (Å²) in [7, 11) is 5.64.